The summed E-state index contributed by atoms with van der Waals surface area (Å²) in [6.07, 6.45) is -4.95. The zero-order valence-corrected chi connectivity index (χ0v) is 9.14. The zero-order chi connectivity index (χ0) is 12.1. The van der Waals surface area contributed by atoms with Crippen LogP contribution in [-0.4, -0.2) is 24.5 Å². The number of aliphatic hydroxyl groups is 1. The molecule has 0 aliphatic carbocycles. The first-order chi connectivity index (χ1) is 6.75. The molecule has 0 aliphatic heterocycles. The van der Waals surface area contributed by atoms with E-state index in [1.54, 1.807) is 0 Å². The van der Waals surface area contributed by atoms with Crippen LogP contribution in [0.15, 0.2) is 11.6 Å². The van der Waals surface area contributed by atoms with Gasteiger partial charge in [0.25, 0.3) is 0 Å². The van der Waals surface area contributed by atoms with Crippen LogP contribution in [0.2, 0.25) is 0 Å². The van der Waals surface area contributed by atoms with Crippen molar-refractivity contribution in [1.82, 2.24) is 0 Å². The number of hydrogen-bond acceptors (Lipinski definition) is 4. The Morgan fingerprint density at radius 3 is 2.00 bits per heavy atom. The van der Waals surface area contributed by atoms with E-state index in [0.717, 1.165) is 0 Å². The van der Waals surface area contributed by atoms with E-state index in [-0.39, 0.29) is 19.0 Å². The van der Waals surface area contributed by atoms with Gasteiger partial charge < -0.3 is 14.2 Å². The lowest BCUT2D eigenvalue weighted by atomic mass is 10.6. The minimum atomic E-state index is -4.95. The van der Waals surface area contributed by atoms with Crippen LogP contribution >= 0.6 is 7.60 Å². The second kappa shape index (κ2) is 5.53. The third kappa shape index (κ3) is 5.20. The summed E-state index contributed by atoms with van der Waals surface area (Å²) in [5.41, 5.74) is 0. The number of rotatable bonds is 5. The molecule has 0 saturated carbocycles. The van der Waals surface area contributed by atoms with E-state index in [1.807, 2.05) is 0 Å². The molecule has 0 radical (unpaired) electrons. The van der Waals surface area contributed by atoms with Crippen LogP contribution in [0, 0.1) is 0 Å². The minimum Gasteiger partial charge on any atom is -0.504 e. The maximum atomic E-state index is 11.9. The number of allylic oxidation sites excluding steroid dienone is 1. The first-order valence-corrected chi connectivity index (χ1v) is 5.74. The van der Waals surface area contributed by atoms with E-state index >= 15 is 0 Å². The Kier molecular flexibility index (Phi) is 5.34. The van der Waals surface area contributed by atoms with Crippen molar-refractivity contribution in [2.75, 3.05) is 13.2 Å². The molecule has 1 N–H and O–H groups in total. The Hall–Kier alpha value is -0.520. The Bertz CT molecular complexity index is 264. The average Bonchev–Trinajstić information content (AvgIpc) is 2.02. The highest BCUT2D eigenvalue weighted by Crippen LogP contribution is 2.51. The van der Waals surface area contributed by atoms with E-state index < -0.39 is 19.5 Å². The molecule has 0 unspecified atom stereocenters. The van der Waals surface area contributed by atoms with Crippen LogP contribution in [0.4, 0.5) is 13.2 Å². The fourth-order valence-electron chi connectivity index (χ4n) is 0.695. The van der Waals surface area contributed by atoms with Crippen LogP contribution in [0.25, 0.3) is 0 Å². The largest absolute Gasteiger partial charge is 0.504 e. The highest BCUT2D eigenvalue weighted by molar-refractivity contribution is 7.57. The molecule has 0 rings (SSSR count). The Balaban J connectivity index is 4.89. The maximum Gasteiger partial charge on any atom is 0.449 e. The lowest BCUT2D eigenvalue weighted by molar-refractivity contribution is -0.120. The zero-order valence-electron chi connectivity index (χ0n) is 8.24. The molecule has 8 heteroatoms. The summed E-state index contributed by atoms with van der Waals surface area (Å²) in [4.78, 5) is 0. The quantitative estimate of drug-likeness (QED) is 0.599. The normalized spacial score (nSPS) is 14.3. The van der Waals surface area contributed by atoms with Gasteiger partial charge in [0.05, 0.1) is 19.0 Å². The molecular weight excluding hydrogens is 236 g/mol. The second-order valence-corrected chi connectivity index (χ2v) is 4.24. The van der Waals surface area contributed by atoms with Crippen molar-refractivity contribution in [1.29, 1.82) is 0 Å². The van der Waals surface area contributed by atoms with Crippen molar-refractivity contribution in [3.8, 4) is 0 Å². The molecule has 0 fully saturated rings. The topological polar surface area (TPSA) is 55.8 Å². The standard InChI is InChI=1S/C7H12F3O4P/c1-3-13-15(12,14-4-2)5-6(11)7(8,9)10/h5,11H,3-4H2,1-2H3/b6-5-. The number of hydrogen-bond donors (Lipinski definition) is 1. The molecule has 0 amide bonds. The second-order valence-electron chi connectivity index (χ2n) is 2.39. The summed E-state index contributed by atoms with van der Waals surface area (Å²) < 4.78 is 56.3. The molecule has 0 heterocycles. The van der Waals surface area contributed by atoms with Crippen LogP contribution in [-0.2, 0) is 13.6 Å². The molecule has 90 valence electrons. The third-order valence-corrected chi connectivity index (χ3v) is 2.99. The molecule has 0 aromatic heterocycles. The van der Waals surface area contributed by atoms with Gasteiger partial charge in [-0.25, -0.2) is 0 Å². The predicted molar refractivity (Wildman–Crippen MR) is 47.6 cm³/mol. The van der Waals surface area contributed by atoms with Crippen LogP contribution in [0.3, 0.4) is 0 Å². The van der Waals surface area contributed by atoms with E-state index in [9.17, 15) is 17.7 Å². The predicted octanol–water partition coefficient (Wildman–Crippen LogP) is 3.21. The van der Waals surface area contributed by atoms with Crippen molar-refractivity contribution in [3.05, 3.63) is 11.6 Å². The van der Waals surface area contributed by atoms with Gasteiger partial charge in [-0.05, 0) is 13.8 Å². The van der Waals surface area contributed by atoms with Crippen molar-refractivity contribution < 1.29 is 31.9 Å². The molecule has 0 spiro atoms. The van der Waals surface area contributed by atoms with E-state index in [2.05, 4.69) is 9.05 Å². The van der Waals surface area contributed by atoms with Gasteiger partial charge in [0.2, 0.25) is 5.76 Å². The van der Waals surface area contributed by atoms with E-state index in [4.69, 9.17) is 5.11 Å². The van der Waals surface area contributed by atoms with Gasteiger partial charge in [0.1, 0.15) is 0 Å². The molecule has 0 aliphatic rings. The van der Waals surface area contributed by atoms with Crippen molar-refractivity contribution >= 4 is 7.60 Å². The molecule has 0 aromatic rings. The molecule has 0 saturated heterocycles. The van der Waals surface area contributed by atoms with Gasteiger partial charge >= 0.3 is 13.8 Å². The minimum absolute atomic E-state index is 0.0694. The highest BCUT2D eigenvalue weighted by atomic mass is 31.2. The van der Waals surface area contributed by atoms with E-state index in [0.29, 0.717) is 0 Å². The smallest absolute Gasteiger partial charge is 0.449 e. The van der Waals surface area contributed by atoms with Gasteiger partial charge in [-0.15, -0.1) is 0 Å². The molecular formula is C7H12F3O4P. The summed E-state index contributed by atoms with van der Waals surface area (Å²) in [7, 11) is -4.00. The molecule has 4 nitrogen and oxygen atoms in total. The third-order valence-electron chi connectivity index (χ3n) is 1.19. The molecule has 0 aromatic carbocycles. The Morgan fingerprint density at radius 1 is 1.33 bits per heavy atom. The van der Waals surface area contributed by atoms with Crippen molar-refractivity contribution in [2.45, 2.75) is 20.0 Å². The highest BCUT2D eigenvalue weighted by Gasteiger charge is 2.37. The molecule has 0 atom stereocenters. The first kappa shape index (κ1) is 14.5. The van der Waals surface area contributed by atoms with Gasteiger partial charge in [-0.2, -0.15) is 13.2 Å². The van der Waals surface area contributed by atoms with Crippen molar-refractivity contribution in [2.24, 2.45) is 0 Å². The SMILES string of the molecule is CCOP(=O)(/C=C(\O)C(F)(F)F)OCC. The maximum absolute atomic E-state index is 11.9. The monoisotopic (exact) mass is 248 g/mol. The lowest BCUT2D eigenvalue weighted by Gasteiger charge is -2.14. The Labute approximate surface area is 85.2 Å². The average molecular weight is 248 g/mol. The summed E-state index contributed by atoms with van der Waals surface area (Å²) >= 11 is 0. The summed E-state index contributed by atoms with van der Waals surface area (Å²) in [5, 5.41) is 8.58. The fourth-order valence-corrected chi connectivity index (χ4v) is 2.08. The molecule has 0 bridgehead atoms. The van der Waals surface area contributed by atoms with E-state index in [1.165, 1.54) is 13.8 Å². The van der Waals surface area contributed by atoms with Gasteiger partial charge in [0.15, 0.2) is 0 Å². The summed E-state index contributed by atoms with van der Waals surface area (Å²) in [6, 6.07) is 0. The molecule has 15 heavy (non-hydrogen) atoms. The van der Waals surface area contributed by atoms with Crippen LogP contribution in [0.1, 0.15) is 13.8 Å². The number of alkyl halides is 3. The number of aliphatic hydroxyl groups excluding tert-OH is 1. The van der Waals surface area contributed by atoms with Crippen molar-refractivity contribution in [3.63, 3.8) is 0 Å². The Morgan fingerprint density at radius 2 is 1.73 bits per heavy atom. The number of halogens is 3. The fraction of sp³-hybridized carbons (Fsp3) is 0.714. The first-order valence-electron chi connectivity index (χ1n) is 4.13. The van der Waals surface area contributed by atoms with Gasteiger partial charge in [-0.1, -0.05) is 0 Å². The van der Waals surface area contributed by atoms with Crippen LogP contribution < -0.4 is 0 Å². The van der Waals surface area contributed by atoms with Crippen LogP contribution in [0.5, 0.6) is 0 Å². The lowest BCUT2D eigenvalue weighted by Crippen LogP contribution is -2.11. The summed E-state index contributed by atoms with van der Waals surface area (Å²) in [6.45, 7) is 2.73. The summed E-state index contributed by atoms with van der Waals surface area (Å²) in [5.74, 6) is -1.91. The van der Waals surface area contributed by atoms with Gasteiger partial charge in [0, 0.05) is 0 Å². The van der Waals surface area contributed by atoms with Gasteiger partial charge in [-0.3, -0.25) is 4.57 Å².